The van der Waals surface area contributed by atoms with Gasteiger partial charge in [-0.25, -0.2) is 5.43 Å². The fourth-order valence-electron chi connectivity index (χ4n) is 1.64. The lowest BCUT2D eigenvalue weighted by atomic mass is 10.00. The van der Waals surface area contributed by atoms with E-state index < -0.39 is 0 Å². The molecule has 1 amide bonds. The van der Waals surface area contributed by atoms with Crippen LogP contribution in [-0.2, 0) is 4.79 Å². The lowest BCUT2D eigenvalue weighted by Gasteiger charge is -2.24. The fourth-order valence-corrected chi connectivity index (χ4v) is 1.64. The van der Waals surface area contributed by atoms with Crippen molar-refractivity contribution in [1.29, 1.82) is 0 Å². The van der Waals surface area contributed by atoms with E-state index in [1.54, 1.807) is 6.07 Å². The normalized spacial score (nSPS) is 21.1. The Morgan fingerprint density at radius 2 is 2.07 bits per heavy atom. The van der Waals surface area contributed by atoms with Gasteiger partial charge < -0.3 is 11.5 Å². The van der Waals surface area contributed by atoms with E-state index in [1.807, 2.05) is 12.1 Å². The molecule has 0 saturated carbocycles. The zero-order valence-corrected chi connectivity index (χ0v) is 8.29. The van der Waals surface area contributed by atoms with Gasteiger partial charge in [0, 0.05) is 6.42 Å². The highest BCUT2D eigenvalue weighted by Crippen LogP contribution is 2.24. The van der Waals surface area contributed by atoms with Gasteiger partial charge in [0.05, 0.1) is 17.4 Å². The lowest BCUT2D eigenvalue weighted by Crippen LogP contribution is -2.44. The van der Waals surface area contributed by atoms with Crippen molar-refractivity contribution in [1.82, 2.24) is 10.9 Å². The zero-order valence-electron chi connectivity index (χ0n) is 8.29. The Hall–Kier alpha value is -1.75. The van der Waals surface area contributed by atoms with E-state index >= 15 is 0 Å². The Morgan fingerprint density at radius 3 is 2.67 bits per heavy atom. The molecule has 0 radical (unpaired) electrons. The maximum absolute atomic E-state index is 10.9. The van der Waals surface area contributed by atoms with Gasteiger partial charge in [-0.3, -0.25) is 10.2 Å². The molecular formula is C10H14N4O. The topological polar surface area (TPSA) is 93.2 Å². The van der Waals surface area contributed by atoms with E-state index in [0.29, 0.717) is 17.8 Å². The van der Waals surface area contributed by atoms with Crippen molar-refractivity contribution in [2.24, 2.45) is 0 Å². The molecule has 2 rings (SSSR count). The molecule has 15 heavy (non-hydrogen) atoms. The first-order valence-corrected chi connectivity index (χ1v) is 4.86. The highest BCUT2D eigenvalue weighted by molar-refractivity contribution is 5.76. The summed E-state index contributed by atoms with van der Waals surface area (Å²) >= 11 is 0. The van der Waals surface area contributed by atoms with Crippen molar-refractivity contribution in [2.75, 3.05) is 11.5 Å². The highest BCUT2D eigenvalue weighted by atomic mass is 16.2. The Kier molecular flexibility index (Phi) is 2.47. The summed E-state index contributed by atoms with van der Waals surface area (Å²) in [5.74, 6) is 0.0228. The van der Waals surface area contributed by atoms with Gasteiger partial charge in [-0.1, -0.05) is 6.07 Å². The van der Waals surface area contributed by atoms with Crippen molar-refractivity contribution >= 4 is 17.3 Å². The summed E-state index contributed by atoms with van der Waals surface area (Å²) in [4.78, 5) is 10.9. The summed E-state index contributed by atoms with van der Waals surface area (Å²) in [5.41, 5.74) is 19.1. The maximum atomic E-state index is 10.9. The second-order valence-electron chi connectivity index (χ2n) is 3.67. The van der Waals surface area contributed by atoms with Crippen LogP contribution in [0.3, 0.4) is 0 Å². The van der Waals surface area contributed by atoms with Crippen molar-refractivity contribution < 1.29 is 4.79 Å². The molecule has 1 aromatic rings. The van der Waals surface area contributed by atoms with E-state index in [2.05, 4.69) is 10.9 Å². The van der Waals surface area contributed by atoms with E-state index in [0.717, 1.165) is 12.0 Å². The molecule has 1 atom stereocenters. The predicted octanol–water partition coefficient (Wildman–Crippen LogP) is 0.307. The highest BCUT2D eigenvalue weighted by Gasteiger charge is 2.19. The van der Waals surface area contributed by atoms with E-state index in [9.17, 15) is 4.79 Å². The number of benzene rings is 1. The third kappa shape index (κ3) is 2.02. The van der Waals surface area contributed by atoms with Crippen LogP contribution in [-0.4, -0.2) is 5.91 Å². The number of anilines is 2. The molecule has 1 aromatic carbocycles. The summed E-state index contributed by atoms with van der Waals surface area (Å²) < 4.78 is 0. The van der Waals surface area contributed by atoms with Crippen LogP contribution in [0.5, 0.6) is 0 Å². The Balaban J connectivity index is 2.16. The molecule has 1 saturated heterocycles. The van der Waals surface area contributed by atoms with E-state index in [4.69, 9.17) is 11.5 Å². The van der Waals surface area contributed by atoms with Gasteiger partial charge in [-0.05, 0) is 24.1 Å². The number of carbonyl (C=O) groups is 1. The molecular weight excluding hydrogens is 192 g/mol. The van der Waals surface area contributed by atoms with Crippen molar-refractivity contribution in [2.45, 2.75) is 18.9 Å². The average Bonchev–Trinajstić information content (AvgIpc) is 2.23. The van der Waals surface area contributed by atoms with Crippen molar-refractivity contribution in [3.63, 3.8) is 0 Å². The monoisotopic (exact) mass is 206 g/mol. The average molecular weight is 206 g/mol. The number of nitrogen functional groups attached to an aromatic ring is 2. The summed E-state index contributed by atoms with van der Waals surface area (Å²) in [6, 6.07) is 5.65. The summed E-state index contributed by atoms with van der Waals surface area (Å²) in [6.07, 6.45) is 1.30. The first-order valence-electron chi connectivity index (χ1n) is 4.86. The number of rotatable bonds is 1. The summed E-state index contributed by atoms with van der Waals surface area (Å²) in [6.45, 7) is 0. The van der Waals surface area contributed by atoms with Crippen LogP contribution in [0, 0.1) is 0 Å². The van der Waals surface area contributed by atoms with E-state index in [-0.39, 0.29) is 11.9 Å². The van der Waals surface area contributed by atoms with Crippen LogP contribution >= 0.6 is 0 Å². The van der Waals surface area contributed by atoms with Crippen LogP contribution in [0.15, 0.2) is 18.2 Å². The van der Waals surface area contributed by atoms with Crippen LogP contribution < -0.4 is 22.3 Å². The molecule has 1 heterocycles. The summed E-state index contributed by atoms with van der Waals surface area (Å²) in [5, 5.41) is 0. The molecule has 0 bridgehead atoms. The minimum atomic E-state index is 0.0228. The number of carbonyl (C=O) groups excluding carboxylic acids is 1. The van der Waals surface area contributed by atoms with Crippen LogP contribution in [0.2, 0.25) is 0 Å². The number of amides is 1. The Labute approximate surface area is 87.8 Å². The van der Waals surface area contributed by atoms with E-state index in [1.165, 1.54) is 0 Å². The third-order valence-electron chi connectivity index (χ3n) is 2.56. The molecule has 1 fully saturated rings. The number of nitrogens with one attached hydrogen (secondary N) is 2. The first kappa shape index (κ1) is 9.79. The molecule has 5 heteroatoms. The molecule has 80 valence electrons. The largest absolute Gasteiger partial charge is 0.397 e. The number of hydrazine groups is 1. The maximum Gasteiger partial charge on any atom is 0.234 e. The van der Waals surface area contributed by atoms with Gasteiger partial charge in [-0.15, -0.1) is 0 Å². The third-order valence-corrected chi connectivity index (χ3v) is 2.56. The Morgan fingerprint density at radius 1 is 1.27 bits per heavy atom. The molecule has 5 nitrogen and oxygen atoms in total. The Bertz CT molecular complexity index is 381. The molecule has 0 aliphatic carbocycles. The van der Waals surface area contributed by atoms with Crippen molar-refractivity contribution in [3.8, 4) is 0 Å². The molecule has 1 aliphatic rings. The lowest BCUT2D eigenvalue weighted by molar-refractivity contribution is -0.124. The zero-order chi connectivity index (χ0) is 10.8. The number of nitrogens with two attached hydrogens (primary N) is 2. The number of hydrogen-bond donors (Lipinski definition) is 4. The van der Waals surface area contributed by atoms with Gasteiger partial charge >= 0.3 is 0 Å². The predicted molar refractivity (Wildman–Crippen MR) is 58.5 cm³/mol. The van der Waals surface area contributed by atoms with Crippen LogP contribution in [0.1, 0.15) is 24.4 Å². The second-order valence-corrected chi connectivity index (χ2v) is 3.67. The minimum Gasteiger partial charge on any atom is -0.397 e. The molecule has 1 aliphatic heterocycles. The van der Waals surface area contributed by atoms with Gasteiger partial charge in [0.15, 0.2) is 0 Å². The van der Waals surface area contributed by atoms with Crippen molar-refractivity contribution in [3.05, 3.63) is 23.8 Å². The fraction of sp³-hybridized carbons (Fsp3) is 0.300. The van der Waals surface area contributed by atoms with Gasteiger partial charge in [-0.2, -0.15) is 0 Å². The van der Waals surface area contributed by atoms with Gasteiger partial charge in [0.2, 0.25) is 5.91 Å². The van der Waals surface area contributed by atoms with Gasteiger partial charge in [0.1, 0.15) is 0 Å². The molecule has 0 aromatic heterocycles. The smallest absolute Gasteiger partial charge is 0.234 e. The first-order chi connectivity index (χ1) is 7.16. The van der Waals surface area contributed by atoms with Crippen LogP contribution in [0.4, 0.5) is 11.4 Å². The standard InChI is InChI=1S/C10H14N4O/c11-7-2-1-6(5-8(7)12)9-3-4-10(15)14-13-9/h1-2,5,9,13H,3-4,11-12H2,(H,14,15). The SMILES string of the molecule is Nc1ccc(C2CCC(=O)NN2)cc1N. The van der Waals surface area contributed by atoms with Crippen LogP contribution in [0.25, 0.3) is 0 Å². The quantitative estimate of drug-likeness (QED) is 0.497. The number of hydrogen-bond acceptors (Lipinski definition) is 4. The minimum absolute atomic E-state index is 0.0228. The van der Waals surface area contributed by atoms with Gasteiger partial charge in [0.25, 0.3) is 0 Å². The molecule has 6 N–H and O–H groups in total. The summed E-state index contributed by atoms with van der Waals surface area (Å²) in [7, 11) is 0. The second kappa shape index (κ2) is 3.78. The molecule has 1 unspecified atom stereocenters. The molecule has 0 spiro atoms.